The summed E-state index contributed by atoms with van der Waals surface area (Å²) >= 11 is 0. The van der Waals surface area contributed by atoms with Gasteiger partial charge in [0.1, 0.15) is 5.82 Å². The minimum Gasteiger partial charge on any atom is -0.380 e. The molecular formula is C14H21FN2O. The zero-order valence-electron chi connectivity index (χ0n) is 11.1. The molecule has 1 aliphatic heterocycles. The average molecular weight is 252 g/mol. The molecule has 1 atom stereocenters. The summed E-state index contributed by atoms with van der Waals surface area (Å²) in [6, 6.07) is 5.24. The Balaban J connectivity index is 2.16. The van der Waals surface area contributed by atoms with Crippen molar-refractivity contribution >= 4 is 5.69 Å². The van der Waals surface area contributed by atoms with Gasteiger partial charge in [0.05, 0.1) is 6.10 Å². The summed E-state index contributed by atoms with van der Waals surface area (Å²) in [6.45, 7) is 2.51. The Bertz CT molecular complexity index is 397. The number of nitrogens with zero attached hydrogens (tertiary/aromatic N) is 1. The van der Waals surface area contributed by atoms with Crippen molar-refractivity contribution in [1.29, 1.82) is 0 Å². The third kappa shape index (κ3) is 3.21. The summed E-state index contributed by atoms with van der Waals surface area (Å²) in [5.74, 6) is -0.169. The first kappa shape index (κ1) is 13.3. The van der Waals surface area contributed by atoms with Gasteiger partial charge in [0.15, 0.2) is 0 Å². The van der Waals surface area contributed by atoms with Crippen molar-refractivity contribution in [3.05, 3.63) is 29.6 Å². The van der Waals surface area contributed by atoms with Gasteiger partial charge in [-0.2, -0.15) is 0 Å². The third-order valence-electron chi connectivity index (χ3n) is 3.40. The summed E-state index contributed by atoms with van der Waals surface area (Å²) in [4.78, 5) is 2.21. The van der Waals surface area contributed by atoms with Gasteiger partial charge in [-0.15, -0.1) is 0 Å². The van der Waals surface area contributed by atoms with Crippen molar-refractivity contribution in [2.45, 2.75) is 25.5 Å². The SMILES string of the molecule is CNCc1cc(F)cc(N2CCCC(OC)C2)c1. The number of hydrogen-bond acceptors (Lipinski definition) is 3. The highest BCUT2D eigenvalue weighted by Gasteiger charge is 2.20. The van der Waals surface area contributed by atoms with Gasteiger partial charge in [-0.05, 0) is 43.7 Å². The van der Waals surface area contributed by atoms with E-state index >= 15 is 0 Å². The van der Waals surface area contributed by atoms with Crippen LogP contribution in [0.5, 0.6) is 0 Å². The summed E-state index contributed by atoms with van der Waals surface area (Å²) in [5.41, 5.74) is 1.94. The van der Waals surface area contributed by atoms with E-state index in [0.717, 1.165) is 37.2 Å². The van der Waals surface area contributed by atoms with E-state index in [1.54, 1.807) is 19.2 Å². The molecule has 0 bridgehead atoms. The first-order valence-corrected chi connectivity index (χ1v) is 6.44. The van der Waals surface area contributed by atoms with Gasteiger partial charge in [-0.1, -0.05) is 0 Å². The lowest BCUT2D eigenvalue weighted by molar-refractivity contribution is 0.0893. The Morgan fingerprint density at radius 1 is 1.44 bits per heavy atom. The number of piperidine rings is 1. The highest BCUT2D eigenvalue weighted by Crippen LogP contribution is 2.23. The van der Waals surface area contributed by atoms with E-state index in [9.17, 15) is 4.39 Å². The van der Waals surface area contributed by atoms with Crippen LogP contribution < -0.4 is 10.2 Å². The second kappa shape index (κ2) is 6.16. The number of hydrogen-bond donors (Lipinski definition) is 1. The lowest BCUT2D eigenvalue weighted by Crippen LogP contribution is -2.39. The minimum atomic E-state index is -0.169. The molecule has 4 heteroatoms. The molecule has 1 fully saturated rings. The predicted molar refractivity (Wildman–Crippen MR) is 71.4 cm³/mol. The molecule has 0 saturated carbocycles. The molecule has 0 spiro atoms. The largest absolute Gasteiger partial charge is 0.380 e. The summed E-state index contributed by atoms with van der Waals surface area (Å²) < 4.78 is 19.0. The quantitative estimate of drug-likeness (QED) is 0.888. The number of anilines is 1. The van der Waals surface area contributed by atoms with Crippen LogP contribution in [0, 0.1) is 5.82 Å². The molecule has 1 aliphatic rings. The normalized spacial score (nSPS) is 20.2. The fraction of sp³-hybridized carbons (Fsp3) is 0.571. The molecule has 3 nitrogen and oxygen atoms in total. The van der Waals surface area contributed by atoms with Crippen LogP contribution in [0.3, 0.4) is 0 Å². The fourth-order valence-electron chi connectivity index (χ4n) is 2.49. The Morgan fingerprint density at radius 2 is 2.28 bits per heavy atom. The van der Waals surface area contributed by atoms with E-state index < -0.39 is 0 Å². The minimum absolute atomic E-state index is 0.169. The number of benzene rings is 1. The number of rotatable bonds is 4. The van der Waals surface area contributed by atoms with Crippen LogP contribution in [-0.4, -0.2) is 33.4 Å². The van der Waals surface area contributed by atoms with Crippen molar-refractivity contribution in [3.63, 3.8) is 0 Å². The molecule has 1 heterocycles. The number of halogens is 1. The first-order valence-electron chi connectivity index (χ1n) is 6.44. The average Bonchev–Trinajstić information content (AvgIpc) is 2.38. The van der Waals surface area contributed by atoms with Gasteiger partial charge in [-0.25, -0.2) is 4.39 Å². The first-order chi connectivity index (χ1) is 8.72. The predicted octanol–water partition coefficient (Wildman–Crippen LogP) is 2.16. The summed E-state index contributed by atoms with van der Waals surface area (Å²) in [7, 11) is 3.61. The number of nitrogens with one attached hydrogen (secondary N) is 1. The van der Waals surface area contributed by atoms with Crippen LogP contribution in [0.1, 0.15) is 18.4 Å². The fourth-order valence-corrected chi connectivity index (χ4v) is 2.49. The van der Waals surface area contributed by atoms with Crippen LogP contribution in [0.2, 0.25) is 0 Å². The molecule has 0 radical (unpaired) electrons. The smallest absolute Gasteiger partial charge is 0.125 e. The van der Waals surface area contributed by atoms with E-state index in [1.165, 1.54) is 0 Å². The van der Waals surface area contributed by atoms with Crippen LogP contribution >= 0.6 is 0 Å². The molecule has 1 aromatic carbocycles. The van der Waals surface area contributed by atoms with E-state index in [4.69, 9.17) is 4.74 Å². The summed E-state index contributed by atoms with van der Waals surface area (Å²) in [5, 5.41) is 3.05. The van der Waals surface area contributed by atoms with Gasteiger partial charge in [0.2, 0.25) is 0 Å². The molecule has 1 unspecified atom stereocenters. The third-order valence-corrected chi connectivity index (χ3v) is 3.40. The monoisotopic (exact) mass is 252 g/mol. The second-order valence-electron chi connectivity index (χ2n) is 4.79. The molecule has 1 N–H and O–H groups in total. The maximum Gasteiger partial charge on any atom is 0.125 e. The Kier molecular flexibility index (Phi) is 4.55. The highest BCUT2D eigenvalue weighted by molar-refractivity contribution is 5.49. The van der Waals surface area contributed by atoms with Crippen molar-refractivity contribution < 1.29 is 9.13 Å². The zero-order chi connectivity index (χ0) is 13.0. The van der Waals surface area contributed by atoms with Crippen molar-refractivity contribution in [1.82, 2.24) is 5.32 Å². The molecule has 0 amide bonds. The molecule has 2 rings (SSSR count). The van der Waals surface area contributed by atoms with Crippen LogP contribution in [-0.2, 0) is 11.3 Å². The van der Waals surface area contributed by atoms with E-state index in [-0.39, 0.29) is 11.9 Å². The van der Waals surface area contributed by atoms with Crippen molar-refractivity contribution in [2.75, 3.05) is 32.1 Å². The van der Waals surface area contributed by atoms with E-state index in [1.807, 2.05) is 7.05 Å². The Morgan fingerprint density at radius 3 is 3.00 bits per heavy atom. The lowest BCUT2D eigenvalue weighted by atomic mass is 10.1. The second-order valence-corrected chi connectivity index (χ2v) is 4.79. The highest BCUT2D eigenvalue weighted by atomic mass is 19.1. The topological polar surface area (TPSA) is 24.5 Å². The van der Waals surface area contributed by atoms with Gasteiger partial charge in [-0.3, -0.25) is 0 Å². The molecule has 0 aromatic heterocycles. The standard InChI is InChI=1S/C14H21FN2O/c1-16-9-11-6-12(15)8-13(7-11)17-5-3-4-14(10-17)18-2/h6-8,14,16H,3-5,9-10H2,1-2H3. The molecule has 0 aliphatic carbocycles. The van der Waals surface area contributed by atoms with Crippen LogP contribution in [0.25, 0.3) is 0 Å². The summed E-state index contributed by atoms with van der Waals surface area (Å²) in [6.07, 6.45) is 2.44. The van der Waals surface area contributed by atoms with E-state index in [0.29, 0.717) is 6.54 Å². The Hall–Kier alpha value is -1.13. The number of ether oxygens (including phenoxy) is 1. The molecule has 1 saturated heterocycles. The maximum absolute atomic E-state index is 13.6. The molecular weight excluding hydrogens is 231 g/mol. The Labute approximate surface area is 108 Å². The van der Waals surface area contributed by atoms with E-state index in [2.05, 4.69) is 16.3 Å². The zero-order valence-corrected chi connectivity index (χ0v) is 11.1. The van der Waals surface area contributed by atoms with Gasteiger partial charge in [0.25, 0.3) is 0 Å². The maximum atomic E-state index is 13.6. The van der Waals surface area contributed by atoms with Crippen molar-refractivity contribution in [3.8, 4) is 0 Å². The molecule has 1 aromatic rings. The van der Waals surface area contributed by atoms with Gasteiger partial charge < -0.3 is 15.0 Å². The van der Waals surface area contributed by atoms with Crippen molar-refractivity contribution in [2.24, 2.45) is 0 Å². The van der Waals surface area contributed by atoms with Crippen LogP contribution in [0.4, 0.5) is 10.1 Å². The van der Waals surface area contributed by atoms with Gasteiger partial charge >= 0.3 is 0 Å². The molecule has 18 heavy (non-hydrogen) atoms. The van der Waals surface area contributed by atoms with Gasteiger partial charge in [0, 0.05) is 32.4 Å². The molecule has 100 valence electrons. The number of methoxy groups -OCH3 is 1. The lowest BCUT2D eigenvalue weighted by Gasteiger charge is -2.33. The van der Waals surface area contributed by atoms with Crippen LogP contribution in [0.15, 0.2) is 18.2 Å².